The molecule has 1 rings (SSSR count). The molecule has 0 aromatic heterocycles. The standard InChI is InChI=1S/C9H5BrClF3O2/c1-4(15)7-5(11)2-3-6(8(7)10)16-9(12,13)14/h2-3H,1H3. The highest BCUT2D eigenvalue weighted by Gasteiger charge is 2.32. The fourth-order valence-corrected chi connectivity index (χ4v) is 2.17. The molecule has 0 aliphatic rings. The molecule has 2 nitrogen and oxygen atoms in total. The van der Waals surface area contributed by atoms with E-state index in [0.29, 0.717) is 0 Å². The Kier molecular flexibility index (Phi) is 3.85. The molecule has 0 N–H and O–H groups in total. The molecule has 0 aliphatic carbocycles. The Morgan fingerprint density at radius 2 is 2.00 bits per heavy atom. The lowest BCUT2D eigenvalue weighted by molar-refractivity contribution is -0.274. The fourth-order valence-electron chi connectivity index (χ4n) is 1.06. The molecule has 1 aromatic carbocycles. The van der Waals surface area contributed by atoms with Crippen molar-refractivity contribution < 1.29 is 22.7 Å². The first kappa shape index (κ1) is 13.3. The third-order valence-electron chi connectivity index (χ3n) is 1.63. The Morgan fingerprint density at radius 1 is 1.44 bits per heavy atom. The van der Waals surface area contributed by atoms with E-state index in [9.17, 15) is 18.0 Å². The van der Waals surface area contributed by atoms with E-state index in [1.165, 1.54) is 13.0 Å². The van der Waals surface area contributed by atoms with Crippen LogP contribution in [0.1, 0.15) is 17.3 Å². The van der Waals surface area contributed by atoms with E-state index in [0.717, 1.165) is 6.07 Å². The number of hydrogen-bond acceptors (Lipinski definition) is 2. The van der Waals surface area contributed by atoms with Gasteiger partial charge in [0.1, 0.15) is 5.75 Å². The van der Waals surface area contributed by atoms with E-state index in [-0.39, 0.29) is 15.1 Å². The zero-order valence-electron chi connectivity index (χ0n) is 7.86. The van der Waals surface area contributed by atoms with Crippen LogP contribution in [0.15, 0.2) is 16.6 Å². The molecule has 0 radical (unpaired) electrons. The van der Waals surface area contributed by atoms with Crippen LogP contribution in [0.25, 0.3) is 0 Å². The minimum atomic E-state index is -4.82. The van der Waals surface area contributed by atoms with E-state index < -0.39 is 17.9 Å². The Labute approximate surface area is 102 Å². The van der Waals surface area contributed by atoms with Crippen LogP contribution in [0.2, 0.25) is 5.02 Å². The molecule has 0 heterocycles. The summed E-state index contributed by atoms with van der Waals surface area (Å²) in [5, 5.41) is 0.0638. The summed E-state index contributed by atoms with van der Waals surface area (Å²) in [6.07, 6.45) is -4.82. The topological polar surface area (TPSA) is 26.3 Å². The first-order valence-electron chi connectivity index (χ1n) is 3.97. The van der Waals surface area contributed by atoms with Gasteiger partial charge in [-0.25, -0.2) is 0 Å². The molecule has 0 bridgehead atoms. The van der Waals surface area contributed by atoms with Gasteiger partial charge in [-0.3, -0.25) is 4.79 Å². The van der Waals surface area contributed by atoms with E-state index in [2.05, 4.69) is 20.7 Å². The summed E-state index contributed by atoms with van der Waals surface area (Å²) in [5.74, 6) is -0.952. The number of Topliss-reactive ketones (excluding diaryl/α,β-unsaturated/α-hetero) is 1. The number of ketones is 1. The number of halogens is 5. The summed E-state index contributed by atoms with van der Waals surface area (Å²) in [4.78, 5) is 11.2. The van der Waals surface area contributed by atoms with Gasteiger partial charge in [-0.05, 0) is 35.0 Å². The predicted molar refractivity (Wildman–Crippen MR) is 55.8 cm³/mol. The van der Waals surface area contributed by atoms with Crippen LogP contribution in [0.4, 0.5) is 13.2 Å². The number of alkyl halides is 3. The quantitative estimate of drug-likeness (QED) is 0.764. The molecule has 88 valence electrons. The zero-order valence-corrected chi connectivity index (χ0v) is 10.2. The third-order valence-corrected chi connectivity index (χ3v) is 2.74. The minimum Gasteiger partial charge on any atom is -0.405 e. The summed E-state index contributed by atoms with van der Waals surface area (Å²) in [5.41, 5.74) is -0.0385. The molecule has 0 amide bonds. The van der Waals surface area contributed by atoms with Crippen molar-refractivity contribution in [1.29, 1.82) is 0 Å². The Bertz CT molecular complexity index is 431. The molecular weight excluding hydrogens is 312 g/mol. The molecule has 0 fully saturated rings. The summed E-state index contributed by atoms with van der Waals surface area (Å²) in [7, 11) is 0. The first-order valence-corrected chi connectivity index (χ1v) is 5.14. The van der Waals surface area contributed by atoms with Gasteiger partial charge in [0, 0.05) is 0 Å². The van der Waals surface area contributed by atoms with Crippen LogP contribution >= 0.6 is 27.5 Å². The molecule has 7 heteroatoms. The van der Waals surface area contributed by atoms with E-state index in [1.54, 1.807) is 0 Å². The Morgan fingerprint density at radius 3 is 2.44 bits per heavy atom. The number of ether oxygens (including phenoxy) is 1. The maximum Gasteiger partial charge on any atom is 0.573 e. The van der Waals surface area contributed by atoms with Crippen molar-refractivity contribution >= 4 is 33.3 Å². The molecular formula is C9H5BrClF3O2. The van der Waals surface area contributed by atoms with Gasteiger partial charge in [0.15, 0.2) is 5.78 Å². The number of rotatable bonds is 2. The number of hydrogen-bond donors (Lipinski definition) is 0. The van der Waals surface area contributed by atoms with Crippen LogP contribution in [-0.4, -0.2) is 12.1 Å². The molecule has 0 saturated carbocycles. The van der Waals surface area contributed by atoms with Crippen LogP contribution in [-0.2, 0) is 0 Å². The smallest absolute Gasteiger partial charge is 0.405 e. The maximum atomic E-state index is 12.0. The molecule has 0 aliphatic heterocycles. The largest absolute Gasteiger partial charge is 0.573 e. The van der Waals surface area contributed by atoms with Crippen molar-refractivity contribution in [3.05, 3.63) is 27.2 Å². The molecule has 1 aromatic rings. The molecule has 0 spiro atoms. The maximum absolute atomic E-state index is 12.0. The number of carbonyl (C=O) groups is 1. The van der Waals surface area contributed by atoms with Crippen LogP contribution < -0.4 is 4.74 Å². The number of carbonyl (C=O) groups excluding carboxylic acids is 1. The molecule has 0 unspecified atom stereocenters. The van der Waals surface area contributed by atoms with Gasteiger partial charge in [0.2, 0.25) is 0 Å². The van der Waals surface area contributed by atoms with Crippen LogP contribution in [0.5, 0.6) is 5.75 Å². The Hall–Kier alpha value is -0.750. The Balaban J connectivity index is 3.24. The third kappa shape index (κ3) is 3.12. The van der Waals surface area contributed by atoms with Gasteiger partial charge in [-0.2, -0.15) is 0 Å². The zero-order chi connectivity index (χ0) is 12.5. The lowest BCUT2D eigenvalue weighted by Gasteiger charge is -2.12. The van der Waals surface area contributed by atoms with Crippen molar-refractivity contribution in [2.75, 3.05) is 0 Å². The van der Waals surface area contributed by atoms with Crippen molar-refractivity contribution in [1.82, 2.24) is 0 Å². The first-order chi connectivity index (χ1) is 7.22. The summed E-state index contributed by atoms with van der Waals surface area (Å²) in [6.45, 7) is 1.20. The second-order valence-corrected chi connectivity index (χ2v) is 4.04. The lowest BCUT2D eigenvalue weighted by atomic mass is 10.1. The fraction of sp³-hybridized carbons (Fsp3) is 0.222. The monoisotopic (exact) mass is 316 g/mol. The molecule has 16 heavy (non-hydrogen) atoms. The van der Waals surface area contributed by atoms with Crippen molar-refractivity contribution in [3.63, 3.8) is 0 Å². The van der Waals surface area contributed by atoms with E-state index in [1.807, 2.05) is 0 Å². The lowest BCUT2D eigenvalue weighted by Crippen LogP contribution is -2.18. The predicted octanol–water partition coefficient (Wildman–Crippen LogP) is 4.20. The highest BCUT2D eigenvalue weighted by atomic mass is 79.9. The second kappa shape index (κ2) is 4.63. The highest BCUT2D eigenvalue weighted by Crippen LogP contribution is 2.36. The number of benzene rings is 1. The van der Waals surface area contributed by atoms with Gasteiger partial charge in [0.25, 0.3) is 0 Å². The van der Waals surface area contributed by atoms with Gasteiger partial charge in [-0.1, -0.05) is 11.6 Å². The van der Waals surface area contributed by atoms with Crippen LogP contribution in [0, 0.1) is 0 Å². The summed E-state index contributed by atoms with van der Waals surface area (Å²) < 4.78 is 39.6. The van der Waals surface area contributed by atoms with Crippen LogP contribution in [0.3, 0.4) is 0 Å². The van der Waals surface area contributed by atoms with Crippen molar-refractivity contribution in [2.45, 2.75) is 13.3 Å². The van der Waals surface area contributed by atoms with Crippen molar-refractivity contribution in [3.8, 4) is 5.75 Å². The average Bonchev–Trinajstić information content (AvgIpc) is 2.07. The van der Waals surface area contributed by atoms with Gasteiger partial charge in [-0.15, -0.1) is 13.2 Å². The van der Waals surface area contributed by atoms with E-state index >= 15 is 0 Å². The van der Waals surface area contributed by atoms with Gasteiger partial charge in [0.05, 0.1) is 15.1 Å². The highest BCUT2D eigenvalue weighted by molar-refractivity contribution is 9.10. The molecule has 0 saturated heterocycles. The van der Waals surface area contributed by atoms with Gasteiger partial charge < -0.3 is 4.74 Å². The van der Waals surface area contributed by atoms with Crippen molar-refractivity contribution in [2.24, 2.45) is 0 Å². The summed E-state index contributed by atoms with van der Waals surface area (Å²) in [6, 6.07) is 2.20. The summed E-state index contributed by atoms with van der Waals surface area (Å²) >= 11 is 8.54. The second-order valence-electron chi connectivity index (χ2n) is 2.84. The minimum absolute atomic E-state index is 0.0385. The normalized spacial score (nSPS) is 11.4. The SMILES string of the molecule is CC(=O)c1c(Cl)ccc(OC(F)(F)F)c1Br. The molecule has 0 atom stereocenters. The van der Waals surface area contributed by atoms with Gasteiger partial charge >= 0.3 is 6.36 Å². The average molecular weight is 317 g/mol. The van der Waals surface area contributed by atoms with E-state index in [4.69, 9.17) is 11.6 Å².